The molecule has 21 heavy (non-hydrogen) atoms. The van der Waals surface area contributed by atoms with Gasteiger partial charge in [-0.3, -0.25) is 9.59 Å². The van der Waals surface area contributed by atoms with Crippen LogP contribution in [0.5, 0.6) is 0 Å². The van der Waals surface area contributed by atoms with Crippen LogP contribution in [0.4, 0.5) is 5.69 Å². The van der Waals surface area contributed by atoms with Gasteiger partial charge in [-0.2, -0.15) is 0 Å². The number of carbonyl (C=O) groups is 2. The predicted octanol–water partition coefficient (Wildman–Crippen LogP) is 2.47. The van der Waals surface area contributed by atoms with E-state index >= 15 is 0 Å². The molecule has 0 heterocycles. The van der Waals surface area contributed by atoms with Crippen LogP contribution in [0.1, 0.15) is 38.1 Å². The van der Waals surface area contributed by atoms with E-state index in [2.05, 4.69) is 18.7 Å². The molecule has 1 rings (SSSR count). The highest BCUT2D eigenvalue weighted by molar-refractivity contribution is 5.96. The van der Waals surface area contributed by atoms with Crippen molar-refractivity contribution in [3.8, 4) is 0 Å². The lowest BCUT2D eigenvalue weighted by molar-refractivity contribution is -0.138. The topological polar surface area (TPSA) is 60.9 Å². The Kier molecular flexibility index (Phi) is 6.21. The molecule has 0 aliphatic carbocycles. The molecule has 1 N–H and O–H groups in total. The molecule has 0 aliphatic heterocycles. The van der Waals surface area contributed by atoms with Gasteiger partial charge < -0.3 is 14.9 Å². The SMILES string of the molecule is CCN(CC)c1ccc(C(=O)N(CC(=O)O)C(C)C)cc1. The number of rotatable bonds is 7. The largest absolute Gasteiger partial charge is 0.480 e. The fourth-order valence-electron chi connectivity index (χ4n) is 2.20. The second-order valence-electron chi connectivity index (χ2n) is 5.14. The van der Waals surface area contributed by atoms with Crippen LogP contribution in [-0.4, -0.2) is 47.6 Å². The van der Waals surface area contributed by atoms with E-state index in [9.17, 15) is 9.59 Å². The second kappa shape index (κ2) is 7.67. The standard InChI is InChI=1S/C16H24N2O3/c1-5-17(6-2)14-9-7-13(8-10-14)16(21)18(12(3)4)11-15(19)20/h7-10,12H,5-6,11H2,1-4H3,(H,19,20). The highest BCUT2D eigenvalue weighted by Gasteiger charge is 2.21. The molecule has 0 spiro atoms. The number of benzene rings is 1. The lowest BCUT2D eigenvalue weighted by Gasteiger charge is -2.25. The van der Waals surface area contributed by atoms with Crippen LogP contribution in [0, 0.1) is 0 Å². The van der Waals surface area contributed by atoms with E-state index in [1.54, 1.807) is 12.1 Å². The van der Waals surface area contributed by atoms with E-state index < -0.39 is 5.97 Å². The molecule has 0 aliphatic rings. The van der Waals surface area contributed by atoms with Crippen molar-refractivity contribution >= 4 is 17.6 Å². The third-order valence-corrected chi connectivity index (χ3v) is 3.43. The number of amides is 1. The number of anilines is 1. The van der Waals surface area contributed by atoms with Gasteiger partial charge in [0.15, 0.2) is 0 Å². The van der Waals surface area contributed by atoms with Crippen LogP contribution in [0.25, 0.3) is 0 Å². The molecule has 0 unspecified atom stereocenters. The van der Waals surface area contributed by atoms with Crippen molar-refractivity contribution in [1.82, 2.24) is 4.90 Å². The van der Waals surface area contributed by atoms with Crippen LogP contribution in [0.15, 0.2) is 24.3 Å². The molecule has 1 aromatic rings. The van der Waals surface area contributed by atoms with Crippen LogP contribution in [-0.2, 0) is 4.79 Å². The zero-order valence-electron chi connectivity index (χ0n) is 13.2. The Morgan fingerprint density at radius 3 is 2.00 bits per heavy atom. The van der Waals surface area contributed by atoms with Gasteiger partial charge in [0.2, 0.25) is 0 Å². The maximum absolute atomic E-state index is 12.4. The van der Waals surface area contributed by atoms with Gasteiger partial charge in [0, 0.05) is 30.4 Å². The van der Waals surface area contributed by atoms with Gasteiger partial charge >= 0.3 is 5.97 Å². The maximum atomic E-state index is 12.4. The number of hydrogen-bond donors (Lipinski definition) is 1. The van der Waals surface area contributed by atoms with Gasteiger partial charge in [-0.25, -0.2) is 0 Å². The summed E-state index contributed by atoms with van der Waals surface area (Å²) in [6.45, 7) is 9.30. The third kappa shape index (κ3) is 4.48. The summed E-state index contributed by atoms with van der Waals surface area (Å²) in [5, 5.41) is 8.91. The quantitative estimate of drug-likeness (QED) is 0.838. The number of hydrogen-bond acceptors (Lipinski definition) is 3. The van der Waals surface area contributed by atoms with Crippen molar-refractivity contribution in [3.63, 3.8) is 0 Å². The lowest BCUT2D eigenvalue weighted by atomic mass is 10.1. The van der Waals surface area contributed by atoms with Gasteiger partial charge in [-0.1, -0.05) is 0 Å². The average molecular weight is 292 g/mol. The highest BCUT2D eigenvalue weighted by Crippen LogP contribution is 2.16. The van der Waals surface area contributed by atoms with Crippen molar-refractivity contribution < 1.29 is 14.7 Å². The number of carboxylic acids is 1. The number of carbonyl (C=O) groups excluding carboxylic acids is 1. The number of aliphatic carboxylic acids is 1. The normalized spacial score (nSPS) is 10.5. The second-order valence-corrected chi connectivity index (χ2v) is 5.14. The Bertz CT molecular complexity index is 479. The monoisotopic (exact) mass is 292 g/mol. The molecular weight excluding hydrogens is 268 g/mol. The summed E-state index contributed by atoms with van der Waals surface area (Å²) in [6, 6.07) is 7.16. The van der Waals surface area contributed by atoms with Crippen molar-refractivity contribution in [2.75, 3.05) is 24.5 Å². The fraction of sp³-hybridized carbons (Fsp3) is 0.500. The van der Waals surface area contributed by atoms with Gasteiger partial charge in [-0.05, 0) is 52.0 Å². The summed E-state index contributed by atoms with van der Waals surface area (Å²) in [6.07, 6.45) is 0. The minimum Gasteiger partial charge on any atom is -0.480 e. The van der Waals surface area contributed by atoms with Crippen molar-refractivity contribution in [1.29, 1.82) is 0 Å². The smallest absolute Gasteiger partial charge is 0.323 e. The summed E-state index contributed by atoms with van der Waals surface area (Å²) in [5.74, 6) is -1.25. The Morgan fingerprint density at radius 1 is 1.10 bits per heavy atom. The Hall–Kier alpha value is -2.04. The molecule has 0 radical (unpaired) electrons. The first-order valence-electron chi connectivity index (χ1n) is 7.28. The lowest BCUT2D eigenvalue weighted by Crippen LogP contribution is -2.40. The summed E-state index contributed by atoms with van der Waals surface area (Å²) in [7, 11) is 0. The zero-order chi connectivity index (χ0) is 16.0. The molecule has 5 heteroatoms. The molecule has 116 valence electrons. The summed E-state index contributed by atoms with van der Waals surface area (Å²) < 4.78 is 0. The first kappa shape index (κ1) is 17.0. The van der Waals surface area contributed by atoms with E-state index in [0.29, 0.717) is 5.56 Å². The van der Waals surface area contributed by atoms with E-state index in [1.807, 2.05) is 26.0 Å². The van der Waals surface area contributed by atoms with E-state index in [0.717, 1.165) is 18.8 Å². The molecular formula is C16H24N2O3. The van der Waals surface area contributed by atoms with E-state index in [1.165, 1.54) is 4.90 Å². The number of nitrogens with zero attached hydrogens (tertiary/aromatic N) is 2. The molecule has 0 atom stereocenters. The Morgan fingerprint density at radius 2 is 1.62 bits per heavy atom. The highest BCUT2D eigenvalue weighted by atomic mass is 16.4. The molecule has 0 saturated carbocycles. The molecule has 0 fully saturated rings. The fourth-order valence-corrected chi connectivity index (χ4v) is 2.20. The zero-order valence-corrected chi connectivity index (χ0v) is 13.2. The minimum absolute atomic E-state index is 0.156. The number of carboxylic acid groups (broad SMARTS) is 1. The van der Waals surface area contributed by atoms with E-state index in [-0.39, 0.29) is 18.5 Å². The van der Waals surface area contributed by atoms with Gasteiger partial charge in [-0.15, -0.1) is 0 Å². The van der Waals surface area contributed by atoms with Gasteiger partial charge in [0.25, 0.3) is 5.91 Å². The summed E-state index contributed by atoms with van der Waals surface area (Å²) in [5.41, 5.74) is 1.58. The molecule has 1 aromatic carbocycles. The molecule has 0 saturated heterocycles. The summed E-state index contributed by atoms with van der Waals surface area (Å²) >= 11 is 0. The minimum atomic E-state index is -1.00. The Balaban J connectivity index is 2.93. The summed E-state index contributed by atoms with van der Waals surface area (Å²) in [4.78, 5) is 26.8. The Labute approximate surface area is 126 Å². The van der Waals surface area contributed by atoms with E-state index in [4.69, 9.17) is 5.11 Å². The molecule has 0 aromatic heterocycles. The van der Waals surface area contributed by atoms with Crippen LogP contribution in [0.3, 0.4) is 0 Å². The average Bonchev–Trinajstić information content (AvgIpc) is 2.45. The van der Waals surface area contributed by atoms with Crippen molar-refractivity contribution in [3.05, 3.63) is 29.8 Å². The molecule has 0 bridgehead atoms. The first-order valence-corrected chi connectivity index (χ1v) is 7.28. The first-order chi connectivity index (χ1) is 9.90. The van der Waals surface area contributed by atoms with Crippen molar-refractivity contribution in [2.24, 2.45) is 0 Å². The van der Waals surface area contributed by atoms with Crippen LogP contribution < -0.4 is 4.90 Å². The molecule has 1 amide bonds. The van der Waals surface area contributed by atoms with Crippen molar-refractivity contribution in [2.45, 2.75) is 33.7 Å². The van der Waals surface area contributed by atoms with Gasteiger partial charge in [0.05, 0.1) is 0 Å². The van der Waals surface area contributed by atoms with Crippen LogP contribution >= 0.6 is 0 Å². The third-order valence-electron chi connectivity index (χ3n) is 3.43. The van der Waals surface area contributed by atoms with Crippen LogP contribution in [0.2, 0.25) is 0 Å². The predicted molar refractivity (Wildman–Crippen MR) is 83.8 cm³/mol. The van der Waals surface area contributed by atoms with Gasteiger partial charge in [0.1, 0.15) is 6.54 Å². The molecule has 5 nitrogen and oxygen atoms in total. The maximum Gasteiger partial charge on any atom is 0.323 e.